The molecule has 0 amide bonds. The summed E-state index contributed by atoms with van der Waals surface area (Å²) < 4.78 is 0. The fraction of sp³-hybridized carbons (Fsp3) is 1.00. The Morgan fingerprint density at radius 3 is 2.72 bits per heavy atom. The molecule has 2 nitrogen and oxygen atoms in total. The van der Waals surface area contributed by atoms with Crippen molar-refractivity contribution in [3.8, 4) is 0 Å². The molecule has 0 radical (unpaired) electrons. The largest absolute Gasteiger partial charge is 0.313 e. The first-order valence-electron chi connectivity index (χ1n) is 7.82. The van der Waals surface area contributed by atoms with Crippen molar-refractivity contribution < 1.29 is 0 Å². The molecule has 18 heavy (non-hydrogen) atoms. The van der Waals surface area contributed by atoms with E-state index >= 15 is 0 Å². The third-order valence-corrected chi connectivity index (χ3v) is 5.73. The number of likely N-dealkylation sites (N-methyl/N-ethyl adjacent to an activating group) is 2. The van der Waals surface area contributed by atoms with Crippen LogP contribution in [-0.4, -0.2) is 48.6 Å². The van der Waals surface area contributed by atoms with Crippen LogP contribution in [0.25, 0.3) is 0 Å². The minimum Gasteiger partial charge on any atom is -0.313 e. The third kappa shape index (κ3) is 4.14. The van der Waals surface area contributed by atoms with Crippen LogP contribution in [0.5, 0.6) is 0 Å². The van der Waals surface area contributed by atoms with Gasteiger partial charge in [-0.3, -0.25) is 0 Å². The van der Waals surface area contributed by atoms with E-state index in [-0.39, 0.29) is 0 Å². The van der Waals surface area contributed by atoms with E-state index in [1.54, 1.807) is 0 Å². The second kappa shape index (κ2) is 7.76. The van der Waals surface area contributed by atoms with Crippen LogP contribution in [0.15, 0.2) is 0 Å². The highest BCUT2D eigenvalue weighted by Crippen LogP contribution is 2.30. The van der Waals surface area contributed by atoms with Gasteiger partial charge in [-0.15, -0.1) is 0 Å². The van der Waals surface area contributed by atoms with Crippen molar-refractivity contribution in [3.05, 3.63) is 0 Å². The first-order chi connectivity index (χ1) is 8.81. The Labute approximate surface area is 117 Å². The number of nitrogens with zero attached hydrogens (tertiary/aromatic N) is 1. The Morgan fingerprint density at radius 2 is 2.06 bits per heavy atom. The van der Waals surface area contributed by atoms with Gasteiger partial charge in [0.15, 0.2) is 0 Å². The lowest BCUT2D eigenvalue weighted by Crippen LogP contribution is -2.53. The summed E-state index contributed by atoms with van der Waals surface area (Å²) in [5, 5.41) is 3.78. The van der Waals surface area contributed by atoms with E-state index in [2.05, 4.69) is 35.9 Å². The van der Waals surface area contributed by atoms with Crippen LogP contribution in [0.2, 0.25) is 0 Å². The Hall–Kier alpha value is 0.270. The van der Waals surface area contributed by atoms with Gasteiger partial charge in [-0.2, -0.15) is 11.8 Å². The SMILES string of the molecule is CCNC(CC1CCCCC1)C1CSCCN1C. The van der Waals surface area contributed by atoms with Gasteiger partial charge in [0.1, 0.15) is 0 Å². The molecule has 3 heteroatoms. The van der Waals surface area contributed by atoms with Crippen LogP contribution in [0.4, 0.5) is 0 Å². The summed E-state index contributed by atoms with van der Waals surface area (Å²) in [4.78, 5) is 2.59. The lowest BCUT2D eigenvalue weighted by Gasteiger charge is -2.40. The standard InChI is InChI=1S/C15H30N2S/c1-3-16-14(11-13-7-5-4-6-8-13)15-12-18-10-9-17(15)2/h13-16H,3-12H2,1-2H3. The molecule has 1 heterocycles. The zero-order valence-corrected chi connectivity index (χ0v) is 13.0. The molecule has 1 saturated heterocycles. The molecule has 0 aromatic carbocycles. The van der Waals surface area contributed by atoms with Crippen LogP contribution < -0.4 is 5.32 Å². The van der Waals surface area contributed by atoms with E-state index in [9.17, 15) is 0 Å². The highest BCUT2D eigenvalue weighted by molar-refractivity contribution is 7.99. The molecular formula is C15H30N2S. The lowest BCUT2D eigenvalue weighted by molar-refractivity contribution is 0.183. The van der Waals surface area contributed by atoms with Gasteiger partial charge in [0.05, 0.1) is 0 Å². The first-order valence-corrected chi connectivity index (χ1v) is 8.98. The maximum absolute atomic E-state index is 3.78. The molecule has 1 N–H and O–H groups in total. The van der Waals surface area contributed by atoms with Crippen molar-refractivity contribution in [1.29, 1.82) is 0 Å². The van der Waals surface area contributed by atoms with E-state index in [1.165, 1.54) is 56.6 Å². The molecule has 106 valence electrons. The smallest absolute Gasteiger partial charge is 0.0337 e. The average Bonchev–Trinajstić information content (AvgIpc) is 2.40. The Morgan fingerprint density at radius 1 is 1.28 bits per heavy atom. The number of thioether (sulfide) groups is 1. The number of hydrogen-bond donors (Lipinski definition) is 1. The van der Waals surface area contributed by atoms with Crippen LogP contribution in [0, 0.1) is 5.92 Å². The van der Waals surface area contributed by atoms with Crippen LogP contribution in [-0.2, 0) is 0 Å². The number of hydrogen-bond acceptors (Lipinski definition) is 3. The summed E-state index contributed by atoms with van der Waals surface area (Å²) in [6.45, 7) is 4.64. The second-order valence-corrected chi connectivity index (χ2v) is 7.18. The molecule has 1 aliphatic carbocycles. The lowest BCUT2D eigenvalue weighted by atomic mass is 9.83. The molecule has 2 unspecified atom stereocenters. The summed E-state index contributed by atoms with van der Waals surface area (Å²) in [5.41, 5.74) is 0. The Bertz CT molecular complexity index is 229. The van der Waals surface area contributed by atoms with E-state index in [0.717, 1.165) is 24.5 Å². The van der Waals surface area contributed by atoms with E-state index in [1.807, 2.05) is 0 Å². The van der Waals surface area contributed by atoms with E-state index in [0.29, 0.717) is 0 Å². The molecule has 2 aliphatic rings. The fourth-order valence-corrected chi connectivity index (χ4v) is 4.86. The zero-order valence-electron chi connectivity index (χ0n) is 12.2. The average molecular weight is 270 g/mol. The van der Waals surface area contributed by atoms with Gasteiger partial charge in [-0.05, 0) is 25.9 Å². The third-order valence-electron chi connectivity index (χ3n) is 4.69. The summed E-state index contributed by atoms with van der Waals surface area (Å²) in [7, 11) is 2.32. The molecule has 1 saturated carbocycles. The number of nitrogens with one attached hydrogen (secondary N) is 1. The molecule has 0 aromatic rings. The quantitative estimate of drug-likeness (QED) is 0.827. The van der Waals surface area contributed by atoms with Crippen molar-refractivity contribution in [2.24, 2.45) is 5.92 Å². The summed E-state index contributed by atoms with van der Waals surface area (Å²) in [6, 6.07) is 1.47. The number of rotatable bonds is 5. The Kier molecular flexibility index (Phi) is 6.33. The fourth-order valence-electron chi connectivity index (χ4n) is 3.55. The van der Waals surface area contributed by atoms with Crippen molar-refractivity contribution >= 4 is 11.8 Å². The van der Waals surface area contributed by atoms with E-state index in [4.69, 9.17) is 0 Å². The van der Waals surface area contributed by atoms with Crippen molar-refractivity contribution in [2.75, 3.05) is 31.6 Å². The maximum atomic E-state index is 3.78. The predicted octanol–water partition coefficient (Wildman–Crippen LogP) is 2.98. The summed E-state index contributed by atoms with van der Waals surface area (Å²) >= 11 is 2.14. The molecule has 2 atom stereocenters. The minimum absolute atomic E-state index is 0.718. The van der Waals surface area contributed by atoms with Crippen LogP contribution in [0.3, 0.4) is 0 Å². The summed E-state index contributed by atoms with van der Waals surface area (Å²) in [6.07, 6.45) is 8.78. The van der Waals surface area contributed by atoms with Crippen LogP contribution in [0.1, 0.15) is 45.4 Å². The van der Waals surface area contributed by atoms with Gasteiger partial charge in [0.25, 0.3) is 0 Å². The zero-order chi connectivity index (χ0) is 12.8. The molecule has 0 bridgehead atoms. The van der Waals surface area contributed by atoms with Crippen molar-refractivity contribution in [2.45, 2.75) is 57.5 Å². The first kappa shape index (κ1) is 14.7. The Balaban J connectivity index is 1.88. The van der Waals surface area contributed by atoms with E-state index < -0.39 is 0 Å². The van der Waals surface area contributed by atoms with Crippen LogP contribution >= 0.6 is 11.8 Å². The van der Waals surface area contributed by atoms with Gasteiger partial charge >= 0.3 is 0 Å². The summed E-state index contributed by atoms with van der Waals surface area (Å²) in [5.74, 6) is 3.62. The van der Waals surface area contributed by atoms with Gasteiger partial charge in [-0.1, -0.05) is 39.0 Å². The molecule has 1 aliphatic heterocycles. The molecule has 0 spiro atoms. The molecular weight excluding hydrogens is 240 g/mol. The van der Waals surface area contributed by atoms with Gasteiger partial charge in [0.2, 0.25) is 0 Å². The van der Waals surface area contributed by atoms with Gasteiger partial charge < -0.3 is 10.2 Å². The minimum atomic E-state index is 0.718. The van der Waals surface area contributed by atoms with Gasteiger partial charge in [0, 0.05) is 30.1 Å². The maximum Gasteiger partial charge on any atom is 0.0337 e. The van der Waals surface area contributed by atoms with Crippen molar-refractivity contribution in [1.82, 2.24) is 10.2 Å². The monoisotopic (exact) mass is 270 g/mol. The highest BCUT2D eigenvalue weighted by Gasteiger charge is 2.29. The molecule has 2 fully saturated rings. The predicted molar refractivity (Wildman–Crippen MR) is 82.4 cm³/mol. The highest BCUT2D eigenvalue weighted by atomic mass is 32.2. The normalized spacial score (nSPS) is 29.3. The molecule has 2 rings (SSSR count). The second-order valence-electron chi connectivity index (χ2n) is 6.03. The van der Waals surface area contributed by atoms with Gasteiger partial charge in [-0.25, -0.2) is 0 Å². The molecule has 0 aromatic heterocycles. The topological polar surface area (TPSA) is 15.3 Å². The van der Waals surface area contributed by atoms with Crippen molar-refractivity contribution in [3.63, 3.8) is 0 Å².